The number of anilines is 1. The molecule has 0 amide bonds. The van der Waals surface area contributed by atoms with Crippen molar-refractivity contribution in [1.82, 2.24) is 0 Å². The molecule has 0 saturated heterocycles. The van der Waals surface area contributed by atoms with Gasteiger partial charge in [-0.15, -0.1) is 0 Å². The molecule has 3 nitrogen and oxygen atoms in total. The van der Waals surface area contributed by atoms with E-state index in [2.05, 4.69) is 26.2 Å². The third-order valence-corrected chi connectivity index (χ3v) is 3.33. The van der Waals surface area contributed by atoms with Crippen molar-refractivity contribution in [2.45, 2.75) is 6.92 Å². The quantitative estimate of drug-likeness (QED) is 0.662. The predicted molar refractivity (Wildman–Crippen MR) is 88.1 cm³/mol. The zero-order valence-electron chi connectivity index (χ0n) is 11.8. The van der Waals surface area contributed by atoms with Crippen molar-refractivity contribution in [2.24, 2.45) is 4.99 Å². The number of rotatable bonds is 3. The zero-order chi connectivity index (χ0) is 14.5. The van der Waals surface area contributed by atoms with Crippen LogP contribution in [0.25, 0.3) is 0 Å². The highest BCUT2D eigenvalue weighted by Crippen LogP contribution is 2.23. The Bertz CT molecular complexity index is 601. The maximum Gasteiger partial charge on any atom is 0.221 e. The molecule has 104 valence electrons. The number of hydrogen-bond acceptors (Lipinski definition) is 3. The van der Waals surface area contributed by atoms with Gasteiger partial charge in [-0.05, 0) is 55.0 Å². The van der Waals surface area contributed by atoms with Gasteiger partial charge in [0.05, 0.1) is 12.8 Å². The summed E-state index contributed by atoms with van der Waals surface area (Å²) in [6.07, 6.45) is 0. The lowest BCUT2D eigenvalue weighted by Gasteiger charge is -2.07. The summed E-state index contributed by atoms with van der Waals surface area (Å²) in [5, 5.41) is 3.09. The molecular weight excluding hydrogens is 316 g/mol. The van der Waals surface area contributed by atoms with Crippen LogP contribution in [-0.4, -0.2) is 20.1 Å². The molecule has 0 saturated carbocycles. The minimum absolute atomic E-state index is 0.602. The molecule has 0 aliphatic heterocycles. The summed E-state index contributed by atoms with van der Waals surface area (Å²) < 4.78 is 6.42. The average Bonchev–Trinajstić information content (AvgIpc) is 2.44. The Kier molecular flexibility index (Phi) is 4.79. The molecule has 2 aromatic carbocycles. The first-order valence-corrected chi connectivity index (χ1v) is 7.09. The fourth-order valence-electron chi connectivity index (χ4n) is 1.91. The molecule has 0 unspecified atom stereocenters. The first kappa shape index (κ1) is 14.6. The normalized spacial score (nSPS) is 11.3. The molecule has 0 aliphatic carbocycles. The second-order valence-corrected chi connectivity index (χ2v) is 5.35. The Hall–Kier alpha value is -1.81. The van der Waals surface area contributed by atoms with Crippen molar-refractivity contribution >= 4 is 33.2 Å². The summed E-state index contributed by atoms with van der Waals surface area (Å²) in [5.41, 5.74) is 4.03. The molecule has 0 aromatic heterocycles. The van der Waals surface area contributed by atoms with Crippen molar-refractivity contribution in [1.29, 1.82) is 0 Å². The van der Waals surface area contributed by atoms with E-state index < -0.39 is 0 Å². The molecule has 0 heterocycles. The highest BCUT2D eigenvalue weighted by atomic mass is 79.9. The number of ether oxygens (including phenoxy) is 1. The smallest absolute Gasteiger partial charge is 0.221 e. The third-order valence-electron chi connectivity index (χ3n) is 2.87. The van der Waals surface area contributed by atoms with Crippen molar-refractivity contribution < 1.29 is 4.74 Å². The van der Waals surface area contributed by atoms with Crippen LogP contribution in [-0.2, 0) is 4.74 Å². The van der Waals surface area contributed by atoms with E-state index in [-0.39, 0.29) is 0 Å². The molecule has 0 bridgehead atoms. The van der Waals surface area contributed by atoms with Gasteiger partial charge in [0, 0.05) is 22.8 Å². The van der Waals surface area contributed by atoms with E-state index in [1.807, 2.05) is 56.4 Å². The SMILES string of the molecule is CNc1ccc(C(=Nc2cc(C)cc(Br)c2)OC)cc1. The Labute approximate surface area is 127 Å². The summed E-state index contributed by atoms with van der Waals surface area (Å²) in [6, 6.07) is 14.0. The highest BCUT2D eigenvalue weighted by Gasteiger charge is 2.04. The summed E-state index contributed by atoms with van der Waals surface area (Å²) in [6.45, 7) is 2.04. The molecule has 4 heteroatoms. The fraction of sp³-hybridized carbons (Fsp3) is 0.188. The molecule has 0 aliphatic rings. The molecule has 2 aromatic rings. The molecule has 0 fully saturated rings. The number of nitrogens with zero attached hydrogens (tertiary/aromatic N) is 1. The third kappa shape index (κ3) is 3.61. The van der Waals surface area contributed by atoms with Crippen LogP contribution in [0.3, 0.4) is 0 Å². The van der Waals surface area contributed by atoms with Crippen LogP contribution in [0.2, 0.25) is 0 Å². The minimum Gasteiger partial charge on any atom is -0.481 e. The maximum atomic E-state index is 5.41. The summed E-state index contributed by atoms with van der Waals surface area (Å²) in [4.78, 5) is 4.57. The molecule has 2 rings (SSSR count). The first-order valence-electron chi connectivity index (χ1n) is 6.30. The highest BCUT2D eigenvalue weighted by molar-refractivity contribution is 9.10. The zero-order valence-corrected chi connectivity index (χ0v) is 13.4. The van der Waals surface area contributed by atoms with Gasteiger partial charge in [-0.3, -0.25) is 0 Å². The van der Waals surface area contributed by atoms with Crippen LogP contribution in [0.1, 0.15) is 11.1 Å². The van der Waals surface area contributed by atoms with Gasteiger partial charge in [-0.25, -0.2) is 4.99 Å². The second-order valence-electron chi connectivity index (χ2n) is 4.44. The number of hydrogen-bond donors (Lipinski definition) is 1. The van der Waals surface area contributed by atoms with Crippen LogP contribution >= 0.6 is 15.9 Å². The standard InChI is InChI=1S/C16H17BrN2O/c1-11-8-13(17)10-15(9-11)19-16(20-3)12-4-6-14(18-2)7-5-12/h4-10,18H,1-3H3. The number of aliphatic imine (C=N–C) groups is 1. The Morgan fingerprint density at radius 1 is 1.15 bits per heavy atom. The van der Waals surface area contributed by atoms with Crippen LogP contribution in [0, 0.1) is 6.92 Å². The maximum absolute atomic E-state index is 5.41. The number of methoxy groups -OCH3 is 1. The Balaban J connectivity index is 2.36. The van der Waals surface area contributed by atoms with Gasteiger partial charge >= 0.3 is 0 Å². The van der Waals surface area contributed by atoms with Crippen LogP contribution in [0.15, 0.2) is 51.9 Å². The van der Waals surface area contributed by atoms with Crippen molar-refractivity contribution in [2.75, 3.05) is 19.5 Å². The number of nitrogens with one attached hydrogen (secondary N) is 1. The summed E-state index contributed by atoms with van der Waals surface area (Å²) in [5.74, 6) is 0.602. The lowest BCUT2D eigenvalue weighted by atomic mass is 10.2. The molecule has 1 N–H and O–H groups in total. The Morgan fingerprint density at radius 3 is 2.40 bits per heavy atom. The van der Waals surface area contributed by atoms with Gasteiger partial charge in [-0.2, -0.15) is 0 Å². The van der Waals surface area contributed by atoms with Gasteiger partial charge in [0.25, 0.3) is 0 Å². The molecule has 0 radical (unpaired) electrons. The summed E-state index contributed by atoms with van der Waals surface area (Å²) >= 11 is 3.48. The van der Waals surface area contributed by atoms with Crippen LogP contribution < -0.4 is 5.32 Å². The van der Waals surface area contributed by atoms with Gasteiger partial charge in [0.1, 0.15) is 0 Å². The average molecular weight is 333 g/mol. The van der Waals surface area contributed by atoms with Gasteiger partial charge in [0.15, 0.2) is 0 Å². The van der Waals surface area contributed by atoms with Crippen molar-refractivity contribution in [3.8, 4) is 0 Å². The van der Waals surface area contributed by atoms with Crippen molar-refractivity contribution in [3.63, 3.8) is 0 Å². The second kappa shape index (κ2) is 6.57. The lowest BCUT2D eigenvalue weighted by molar-refractivity contribution is 0.405. The molecular formula is C16H17BrN2O. The predicted octanol–water partition coefficient (Wildman–Crippen LogP) is 4.52. The van der Waals surface area contributed by atoms with E-state index in [9.17, 15) is 0 Å². The Morgan fingerprint density at radius 2 is 1.85 bits per heavy atom. The van der Waals surface area contributed by atoms with Crippen LogP contribution in [0.4, 0.5) is 11.4 Å². The molecule has 0 atom stereocenters. The van der Waals surface area contributed by atoms with E-state index in [0.29, 0.717) is 5.90 Å². The first-order chi connectivity index (χ1) is 9.62. The largest absolute Gasteiger partial charge is 0.481 e. The van der Waals surface area contributed by atoms with Crippen LogP contribution in [0.5, 0.6) is 0 Å². The molecule has 0 spiro atoms. The fourth-order valence-corrected chi connectivity index (χ4v) is 2.50. The minimum atomic E-state index is 0.602. The topological polar surface area (TPSA) is 33.6 Å². The molecule has 20 heavy (non-hydrogen) atoms. The monoisotopic (exact) mass is 332 g/mol. The summed E-state index contributed by atoms with van der Waals surface area (Å²) in [7, 11) is 3.53. The van der Waals surface area contributed by atoms with E-state index in [4.69, 9.17) is 4.74 Å². The van der Waals surface area contributed by atoms with E-state index in [0.717, 1.165) is 27.0 Å². The lowest BCUT2D eigenvalue weighted by Crippen LogP contribution is -2.03. The van der Waals surface area contributed by atoms with Gasteiger partial charge < -0.3 is 10.1 Å². The number of benzene rings is 2. The van der Waals surface area contributed by atoms with E-state index in [1.165, 1.54) is 0 Å². The van der Waals surface area contributed by atoms with E-state index in [1.54, 1.807) is 7.11 Å². The number of aryl methyl sites for hydroxylation is 1. The number of halogens is 1. The van der Waals surface area contributed by atoms with Crippen molar-refractivity contribution in [3.05, 3.63) is 58.1 Å². The van der Waals surface area contributed by atoms with Gasteiger partial charge in [0.2, 0.25) is 5.90 Å². The van der Waals surface area contributed by atoms with Gasteiger partial charge in [-0.1, -0.05) is 15.9 Å². The van der Waals surface area contributed by atoms with E-state index >= 15 is 0 Å².